The van der Waals surface area contributed by atoms with Gasteiger partial charge in [-0.25, -0.2) is 4.39 Å². The minimum absolute atomic E-state index is 0.0444. The van der Waals surface area contributed by atoms with Crippen LogP contribution in [0, 0.1) is 5.82 Å². The Morgan fingerprint density at radius 3 is 2.61 bits per heavy atom. The molecule has 0 saturated carbocycles. The maximum atomic E-state index is 13.8. The fraction of sp³-hybridized carbons (Fsp3) is 0.500. The summed E-state index contributed by atoms with van der Waals surface area (Å²) in [6.45, 7) is 6.17. The van der Waals surface area contributed by atoms with Gasteiger partial charge in [-0.3, -0.25) is 4.79 Å². The van der Waals surface area contributed by atoms with Crippen LogP contribution in [-0.2, 0) is 11.2 Å². The molecule has 0 bridgehead atoms. The van der Waals surface area contributed by atoms with Crippen LogP contribution in [0.4, 0.5) is 4.39 Å². The molecule has 1 aromatic rings. The van der Waals surface area contributed by atoms with Crippen LogP contribution in [0.1, 0.15) is 26.3 Å². The Bertz CT molecular complexity index is 424. The number of benzene rings is 1. The largest absolute Gasteiger partial charge is 0.494 e. The van der Waals surface area contributed by atoms with Gasteiger partial charge in [0.1, 0.15) is 0 Å². The van der Waals surface area contributed by atoms with E-state index in [4.69, 9.17) is 4.74 Å². The third kappa shape index (κ3) is 4.45. The molecule has 0 aromatic heterocycles. The highest BCUT2D eigenvalue weighted by Crippen LogP contribution is 2.20. The first kappa shape index (κ1) is 14.6. The summed E-state index contributed by atoms with van der Waals surface area (Å²) >= 11 is 0. The lowest BCUT2D eigenvalue weighted by molar-refractivity contribution is -0.117. The van der Waals surface area contributed by atoms with Gasteiger partial charge in [-0.2, -0.15) is 0 Å². The summed E-state index contributed by atoms with van der Waals surface area (Å²) in [6, 6.07) is 4.82. The highest BCUT2D eigenvalue weighted by molar-refractivity contribution is 5.83. The summed E-state index contributed by atoms with van der Waals surface area (Å²) < 4.78 is 18.7. The Morgan fingerprint density at radius 1 is 1.39 bits per heavy atom. The molecule has 0 aliphatic carbocycles. The first-order valence-electron chi connectivity index (χ1n) is 5.91. The second-order valence-corrected chi connectivity index (χ2v) is 5.25. The van der Waals surface area contributed by atoms with Crippen LogP contribution in [0.25, 0.3) is 0 Å². The topological polar surface area (TPSA) is 38.3 Å². The molecule has 0 heterocycles. The molecule has 1 N–H and O–H groups in total. The molecule has 1 aromatic carbocycles. The third-order valence-electron chi connectivity index (χ3n) is 2.47. The monoisotopic (exact) mass is 253 g/mol. The van der Waals surface area contributed by atoms with E-state index in [-0.39, 0.29) is 30.0 Å². The fourth-order valence-electron chi connectivity index (χ4n) is 1.49. The summed E-state index contributed by atoms with van der Waals surface area (Å²) in [7, 11) is 1.41. The summed E-state index contributed by atoms with van der Waals surface area (Å²) in [5.41, 5.74) is 0.248. The lowest BCUT2D eigenvalue weighted by atomic mass is 10.1. The molecule has 0 saturated heterocycles. The number of methoxy groups -OCH3 is 1. The van der Waals surface area contributed by atoms with E-state index in [1.54, 1.807) is 12.1 Å². The van der Waals surface area contributed by atoms with E-state index in [9.17, 15) is 9.18 Å². The molecule has 0 unspecified atom stereocenters. The van der Waals surface area contributed by atoms with Gasteiger partial charge in [0, 0.05) is 12.0 Å². The SMILES string of the molecule is COc1cccc(CC(=O)CNC(C)(C)C)c1F. The van der Waals surface area contributed by atoms with Gasteiger partial charge in [-0.1, -0.05) is 12.1 Å². The molecule has 4 heteroatoms. The van der Waals surface area contributed by atoms with E-state index >= 15 is 0 Å². The van der Waals surface area contributed by atoms with Crippen LogP contribution >= 0.6 is 0 Å². The summed E-state index contributed by atoms with van der Waals surface area (Å²) in [4.78, 5) is 11.7. The normalized spacial score (nSPS) is 11.4. The lowest BCUT2D eigenvalue weighted by Gasteiger charge is -2.19. The van der Waals surface area contributed by atoms with Crippen molar-refractivity contribution >= 4 is 5.78 Å². The molecular formula is C14H20FNO2. The van der Waals surface area contributed by atoms with E-state index in [0.29, 0.717) is 5.56 Å². The van der Waals surface area contributed by atoms with Crippen molar-refractivity contribution in [2.75, 3.05) is 13.7 Å². The van der Waals surface area contributed by atoms with E-state index in [0.717, 1.165) is 0 Å². The minimum atomic E-state index is -0.455. The standard InChI is InChI=1S/C14H20FNO2/c1-14(2,3)16-9-11(17)8-10-6-5-7-12(18-4)13(10)15/h5-7,16H,8-9H2,1-4H3. The molecular weight excluding hydrogens is 233 g/mol. The zero-order valence-electron chi connectivity index (χ0n) is 11.3. The number of carbonyl (C=O) groups excluding carboxylic acids is 1. The van der Waals surface area contributed by atoms with E-state index < -0.39 is 5.82 Å². The zero-order valence-corrected chi connectivity index (χ0v) is 11.3. The number of hydrogen-bond acceptors (Lipinski definition) is 3. The molecule has 0 amide bonds. The maximum absolute atomic E-state index is 13.8. The number of ketones is 1. The van der Waals surface area contributed by atoms with E-state index in [1.165, 1.54) is 13.2 Å². The molecule has 0 aliphatic heterocycles. The van der Waals surface area contributed by atoms with Crippen molar-refractivity contribution in [3.8, 4) is 5.75 Å². The smallest absolute Gasteiger partial charge is 0.168 e. The molecule has 0 radical (unpaired) electrons. The van der Waals surface area contributed by atoms with Crippen molar-refractivity contribution in [1.29, 1.82) is 0 Å². The Kier molecular flexibility index (Phi) is 4.84. The van der Waals surface area contributed by atoms with Gasteiger partial charge >= 0.3 is 0 Å². The van der Waals surface area contributed by atoms with Crippen LogP contribution in [0.3, 0.4) is 0 Å². The third-order valence-corrected chi connectivity index (χ3v) is 2.47. The van der Waals surface area contributed by atoms with Crippen molar-refractivity contribution in [1.82, 2.24) is 5.32 Å². The molecule has 0 spiro atoms. The second-order valence-electron chi connectivity index (χ2n) is 5.25. The van der Waals surface area contributed by atoms with Crippen molar-refractivity contribution in [2.24, 2.45) is 0 Å². The van der Waals surface area contributed by atoms with Gasteiger partial charge in [-0.05, 0) is 32.4 Å². The number of Topliss-reactive ketones (excluding diaryl/α,β-unsaturated/α-hetero) is 1. The second kappa shape index (κ2) is 5.96. The molecule has 0 aliphatic rings. The van der Waals surface area contributed by atoms with Crippen LogP contribution in [0.5, 0.6) is 5.75 Å². The van der Waals surface area contributed by atoms with Crippen LogP contribution in [0.2, 0.25) is 0 Å². The number of hydrogen-bond donors (Lipinski definition) is 1. The molecule has 3 nitrogen and oxygen atoms in total. The van der Waals surface area contributed by atoms with Crippen molar-refractivity contribution in [3.63, 3.8) is 0 Å². The number of ether oxygens (including phenoxy) is 1. The van der Waals surface area contributed by atoms with Crippen LogP contribution < -0.4 is 10.1 Å². The predicted octanol–water partition coefficient (Wildman–Crippen LogP) is 2.33. The Labute approximate surface area is 107 Å². The summed E-state index contributed by atoms with van der Waals surface area (Å²) in [6.07, 6.45) is 0.0755. The predicted molar refractivity (Wildman–Crippen MR) is 69.4 cm³/mol. The number of carbonyl (C=O) groups is 1. The molecule has 100 valence electrons. The average Bonchev–Trinajstić information content (AvgIpc) is 2.28. The molecule has 18 heavy (non-hydrogen) atoms. The first-order chi connectivity index (χ1) is 8.33. The van der Waals surface area contributed by atoms with E-state index in [2.05, 4.69) is 5.32 Å². The van der Waals surface area contributed by atoms with E-state index in [1.807, 2.05) is 20.8 Å². The van der Waals surface area contributed by atoms with Gasteiger partial charge in [0.15, 0.2) is 17.3 Å². The quantitative estimate of drug-likeness (QED) is 0.875. The summed E-state index contributed by atoms with van der Waals surface area (Å²) in [5, 5.41) is 3.09. The fourth-order valence-corrected chi connectivity index (χ4v) is 1.49. The lowest BCUT2D eigenvalue weighted by Crippen LogP contribution is -2.39. The number of nitrogens with one attached hydrogen (secondary N) is 1. The maximum Gasteiger partial charge on any atom is 0.168 e. The highest BCUT2D eigenvalue weighted by atomic mass is 19.1. The first-order valence-corrected chi connectivity index (χ1v) is 5.91. The number of halogens is 1. The van der Waals surface area contributed by atoms with Crippen molar-refractivity contribution in [3.05, 3.63) is 29.6 Å². The van der Waals surface area contributed by atoms with Crippen molar-refractivity contribution in [2.45, 2.75) is 32.7 Å². The van der Waals surface area contributed by atoms with Gasteiger partial charge in [0.25, 0.3) is 0 Å². The van der Waals surface area contributed by atoms with Gasteiger partial charge < -0.3 is 10.1 Å². The molecule has 0 fully saturated rings. The highest BCUT2D eigenvalue weighted by Gasteiger charge is 2.14. The zero-order chi connectivity index (χ0) is 13.8. The average molecular weight is 253 g/mol. The molecule has 0 atom stereocenters. The Morgan fingerprint density at radius 2 is 2.06 bits per heavy atom. The Balaban J connectivity index is 2.65. The van der Waals surface area contributed by atoms with Gasteiger partial charge in [0.2, 0.25) is 0 Å². The number of rotatable bonds is 5. The van der Waals surface area contributed by atoms with Crippen LogP contribution in [0.15, 0.2) is 18.2 Å². The van der Waals surface area contributed by atoms with Gasteiger partial charge in [0.05, 0.1) is 13.7 Å². The Hall–Kier alpha value is -1.42. The summed E-state index contributed by atoms with van der Waals surface area (Å²) in [5.74, 6) is -0.328. The van der Waals surface area contributed by atoms with Gasteiger partial charge in [-0.15, -0.1) is 0 Å². The molecule has 1 rings (SSSR count). The van der Waals surface area contributed by atoms with Crippen molar-refractivity contribution < 1.29 is 13.9 Å². The minimum Gasteiger partial charge on any atom is -0.494 e. The van der Waals surface area contributed by atoms with Crippen LogP contribution in [-0.4, -0.2) is 25.0 Å².